The monoisotopic (exact) mass is 442 g/mol. The second-order valence-electron chi connectivity index (χ2n) is 4.99. The molecule has 0 bridgehead atoms. The molecule has 0 unspecified atom stereocenters. The van der Waals surface area contributed by atoms with Crippen LogP contribution in [0.2, 0.25) is 5.02 Å². The standard InChI is InChI=1S/C18H16BrClO6/c1-23-7-8-24-18(22)12-3-2-4-14(9-12)26-17(21)11-25-16-6-5-13(20)10-15(16)19/h2-6,9-10H,7-8,11H2,1H3. The molecule has 0 aromatic heterocycles. The Morgan fingerprint density at radius 1 is 1.12 bits per heavy atom. The van der Waals surface area contributed by atoms with E-state index in [9.17, 15) is 9.59 Å². The van der Waals surface area contributed by atoms with Gasteiger partial charge in [-0.2, -0.15) is 0 Å². The van der Waals surface area contributed by atoms with E-state index < -0.39 is 11.9 Å². The highest BCUT2D eigenvalue weighted by Crippen LogP contribution is 2.28. The normalized spacial score (nSPS) is 10.3. The van der Waals surface area contributed by atoms with Crippen LogP contribution in [0.1, 0.15) is 10.4 Å². The third-order valence-corrected chi connectivity index (χ3v) is 3.92. The second-order valence-corrected chi connectivity index (χ2v) is 6.28. The van der Waals surface area contributed by atoms with Gasteiger partial charge in [-0.25, -0.2) is 9.59 Å². The maximum absolute atomic E-state index is 11.9. The van der Waals surface area contributed by atoms with Crippen LogP contribution in [0.4, 0.5) is 0 Å². The molecular weight excluding hydrogens is 428 g/mol. The Balaban J connectivity index is 1.90. The first-order valence-electron chi connectivity index (χ1n) is 7.54. The fraction of sp³-hybridized carbons (Fsp3) is 0.222. The number of methoxy groups -OCH3 is 1. The van der Waals surface area contributed by atoms with E-state index >= 15 is 0 Å². The van der Waals surface area contributed by atoms with Crippen molar-refractivity contribution in [2.24, 2.45) is 0 Å². The average Bonchev–Trinajstić information content (AvgIpc) is 2.61. The van der Waals surface area contributed by atoms with Crippen LogP contribution in [0, 0.1) is 0 Å². The summed E-state index contributed by atoms with van der Waals surface area (Å²) in [6, 6.07) is 11.1. The van der Waals surface area contributed by atoms with Crippen LogP contribution in [0.5, 0.6) is 11.5 Å². The van der Waals surface area contributed by atoms with E-state index in [-0.39, 0.29) is 24.5 Å². The molecule has 0 N–H and O–H groups in total. The van der Waals surface area contributed by atoms with Crippen molar-refractivity contribution in [2.75, 3.05) is 26.9 Å². The highest BCUT2D eigenvalue weighted by atomic mass is 79.9. The average molecular weight is 444 g/mol. The Bertz CT molecular complexity index is 780. The molecule has 0 heterocycles. The molecule has 0 saturated heterocycles. The third-order valence-electron chi connectivity index (χ3n) is 3.06. The highest BCUT2D eigenvalue weighted by Gasteiger charge is 2.12. The summed E-state index contributed by atoms with van der Waals surface area (Å²) in [5, 5.41) is 0.543. The fourth-order valence-electron chi connectivity index (χ4n) is 1.88. The van der Waals surface area contributed by atoms with Crippen molar-refractivity contribution in [1.82, 2.24) is 0 Å². The minimum atomic E-state index is -0.614. The molecule has 2 rings (SSSR count). The summed E-state index contributed by atoms with van der Waals surface area (Å²) in [7, 11) is 1.51. The van der Waals surface area contributed by atoms with Gasteiger partial charge >= 0.3 is 11.9 Å². The molecule has 0 saturated carbocycles. The van der Waals surface area contributed by atoms with E-state index in [0.717, 1.165) is 0 Å². The molecule has 2 aromatic carbocycles. The second kappa shape index (κ2) is 10.2. The molecular formula is C18H16BrClO6. The Morgan fingerprint density at radius 2 is 1.92 bits per heavy atom. The lowest BCUT2D eigenvalue weighted by atomic mass is 10.2. The molecule has 0 spiro atoms. The summed E-state index contributed by atoms with van der Waals surface area (Å²) < 4.78 is 21.0. The Morgan fingerprint density at radius 3 is 2.65 bits per heavy atom. The Kier molecular flexibility index (Phi) is 7.90. The topological polar surface area (TPSA) is 71.1 Å². The van der Waals surface area contributed by atoms with Gasteiger partial charge in [0.25, 0.3) is 0 Å². The number of rotatable bonds is 8. The zero-order valence-electron chi connectivity index (χ0n) is 13.9. The number of esters is 2. The van der Waals surface area contributed by atoms with Crippen molar-refractivity contribution >= 4 is 39.5 Å². The minimum absolute atomic E-state index is 0.142. The smallest absolute Gasteiger partial charge is 0.349 e. The molecule has 8 heteroatoms. The van der Waals surface area contributed by atoms with Crippen LogP contribution >= 0.6 is 27.5 Å². The fourth-order valence-corrected chi connectivity index (χ4v) is 2.67. The number of hydrogen-bond acceptors (Lipinski definition) is 6. The molecule has 26 heavy (non-hydrogen) atoms. The summed E-state index contributed by atoms with van der Waals surface area (Å²) in [5.74, 6) is -0.463. The van der Waals surface area contributed by atoms with Gasteiger partial charge in [-0.3, -0.25) is 0 Å². The van der Waals surface area contributed by atoms with Crippen molar-refractivity contribution < 1.29 is 28.5 Å². The van der Waals surface area contributed by atoms with Crippen molar-refractivity contribution in [3.05, 3.63) is 57.5 Å². The number of hydrogen-bond donors (Lipinski definition) is 0. The van der Waals surface area contributed by atoms with Gasteiger partial charge in [0.2, 0.25) is 0 Å². The molecule has 0 aliphatic rings. The summed E-state index contributed by atoms with van der Waals surface area (Å²) in [6.45, 7) is 0.143. The van der Waals surface area contributed by atoms with E-state index in [2.05, 4.69) is 15.9 Å². The van der Waals surface area contributed by atoms with Crippen LogP contribution in [0.25, 0.3) is 0 Å². The predicted molar refractivity (Wildman–Crippen MR) is 98.9 cm³/mol. The molecule has 0 atom stereocenters. The van der Waals surface area contributed by atoms with Gasteiger partial charge in [0.1, 0.15) is 18.1 Å². The van der Waals surface area contributed by atoms with Crippen molar-refractivity contribution in [3.63, 3.8) is 0 Å². The number of benzene rings is 2. The molecule has 0 radical (unpaired) electrons. The summed E-state index contributed by atoms with van der Waals surface area (Å²) in [4.78, 5) is 23.8. The lowest BCUT2D eigenvalue weighted by Crippen LogP contribution is -2.18. The van der Waals surface area contributed by atoms with Crippen LogP contribution in [0.15, 0.2) is 46.9 Å². The van der Waals surface area contributed by atoms with Crippen LogP contribution in [0.3, 0.4) is 0 Å². The number of carbonyl (C=O) groups is 2. The van der Waals surface area contributed by atoms with Gasteiger partial charge < -0.3 is 18.9 Å². The number of ether oxygens (including phenoxy) is 4. The van der Waals surface area contributed by atoms with Crippen LogP contribution < -0.4 is 9.47 Å². The third kappa shape index (κ3) is 6.33. The minimum Gasteiger partial charge on any atom is -0.481 e. The largest absolute Gasteiger partial charge is 0.481 e. The van der Waals surface area contributed by atoms with E-state index in [4.69, 9.17) is 30.5 Å². The molecule has 138 valence electrons. The van der Waals surface area contributed by atoms with Gasteiger partial charge in [0.05, 0.1) is 16.6 Å². The van der Waals surface area contributed by atoms with Crippen LogP contribution in [-0.2, 0) is 14.3 Å². The zero-order valence-corrected chi connectivity index (χ0v) is 16.2. The molecule has 2 aromatic rings. The van der Waals surface area contributed by atoms with Gasteiger partial charge in [0.15, 0.2) is 6.61 Å². The summed E-state index contributed by atoms with van der Waals surface area (Å²) in [5.41, 5.74) is 0.271. The Hall–Kier alpha value is -2.09. The van der Waals surface area contributed by atoms with Crippen molar-refractivity contribution in [2.45, 2.75) is 0 Å². The SMILES string of the molecule is COCCOC(=O)c1cccc(OC(=O)COc2ccc(Cl)cc2Br)c1. The van der Waals surface area contributed by atoms with Gasteiger partial charge in [-0.05, 0) is 52.3 Å². The molecule has 0 fully saturated rings. The van der Waals surface area contributed by atoms with E-state index in [1.165, 1.54) is 13.2 Å². The molecule has 0 amide bonds. The first kappa shape index (κ1) is 20.2. The highest BCUT2D eigenvalue weighted by molar-refractivity contribution is 9.10. The van der Waals surface area contributed by atoms with Crippen LogP contribution in [-0.4, -0.2) is 38.9 Å². The predicted octanol–water partition coefficient (Wildman–Crippen LogP) is 3.89. The molecule has 6 nitrogen and oxygen atoms in total. The number of halogens is 2. The maximum atomic E-state index is 11.9. The van der Waals surface area contributed by atoms with Gasteiger partial charge in [-0.1, -0.05) is 17.7 Å². The lowest BCUT2D eigenvalue weighted by molar-refractivity contribution is -0.136. The van der Waals surface area contributed by atoms with Crippen molar-refractivity contribution in [1.29, 1.82) is 0 Å². The lowest BCUT2D eigenvalue weighted by Gasteiger charge is -2.09. The summed E-state index contributed by atoms with van der Waals surface area (Å²) in [6.07, 6.45) is 0. The quantitative estimate of drug-likeness (QED) is 0.350. The van der Waals surface area contributed by atoms with E-state index in [1.807, 2.05) is 0 Å². The maximum Gasteiger partial charge on any atom is 0.349 e. The van der Waals surface area contributed by atoms with Gasteiger partial charge in [0, 0.05) is 12.1 Å². The first-order valence-corrected chi connectivity index (χ1v) is 8.71. The number of carbonyl (C=O) groups excluding carboxylic acids is 2. The molecule has 0 aliphatic carbocycles. The first-order chi connectivity index (χ1) is 12.5. The van der Waals surface area contributed by atoms with Crippen molar-refractivity contribution in [3.8, 4) is 11.5 Å². The zero-order chi connectivity index (χ0) is 18.9. The van der Waals surface area contributed by atoms with Gasteiger partial charge in [-0.15, -0.1) is 0 Å². The Labute approximate surface area is 164 Å². The molecule has 0 aliphatic heterocycles. The van der Waals surface area contributed by atoms with E-state index in [0.29, 0.717) is 21.9 Å². The van der Waals surface area contributed by atoms with E-state index in [1.54, 1.807) is 36.4 Å². The summed E-state index contributed by atoms with van der Waals surface area (Å²) >= 11 is 9.14.